The molecule has 0 aromatic rings. The van der Waals surface area contributed by atoms with Gasteiger partial charge < -0.3 is 4.74 Å². The molecule has 70 valence electrons. The molecule has 0 atom stereocenters. The molecule has 0 aromatic heterocycles. The molecule has 0 saturated carbocycles. The minimum absolute atomic E-state index is 0.460. The zero-order valence-corrected chi connectivity index (χ0v) is 9.11. The van der Waals surface area contributed by atoms with Crippen LogP contribution in [0.2, 0.25) is 0 Å². The number of unbranched alkanes of at least 4 members (excludes halogenated alkanes) is 4. The fraction of sp³-hybridized carbons (Fsp3) is 0.800. The van der Waals surface area contributed by atoms with Crippen LogP contribution in [0.25, 0.3) is 0 Å². The highest BCUT2D eigenvalue weighted by atomic mass is 79.9. The Kier molecular flexibility index (Phi) is 11.0. The van der Waals surface area contributed by atoms with Crippen molar-refractivity contribution in [2.75, 3.05) is 18.5 Å². The second-order valence-corrected chi connectivity index (χ2v) is 3.51. The van der Waals surface area contributed by atoms with Gasteiger partial charge in [-0.25, -0.2) is 0 Å². The zero-order valence-electron chi connectivity index (χ0n) is 7.52. The number of alkyl halides is 1. The van der Waals surface area contributed by atoms with E-state index in [-0.39, 0.29) is 0 Å². The molecule has 0 aliphatic carbocycles. The van der Waals surface area contributed by atoms with Gasteiger partial charge in [0.05, 0.1) is 0 Å². The standard InChI is InChI=1S/C10H17BrO/c1-2-9-12-10-7-5-3-4-6-8-11/h1H,3-10H2. The van der Waals surface area contributed by atoms with E-state index in [1.165, 1.54) is 25.7 Å². The summed E-state index contributed by atoms with van der Waals surface area (Å²) in [6.45, 7) is 1.28. The summed E-state index contributed by atoms with van der Waals surface area (Å²) < 4.78 is 5.14. The molecule has 2 heteroatoms. The van der Waals surface area contributed by atoms with Crippen LogP contribution in [-0.4, -0.2) is 18.5 Å². The van der Waals surface area contributed by atoms with Gasteiger partial charge >= 0.3 is 0 Å². The third kappa shape index (κ3) is 10.0. The third-order valence-electron chi connectivity index (χ3n) is 1.61. The molecule has 0 aliphatic rings. The smallest absolute Gasteiger partial charge is 0.107 e. The lowest BCUT2D eigenvalue weighted by atomic mass is 10.2. The Labute approximate surface area is 84.0 Å². The van der Waals surface area contributed by atoms with Crippen LogP contribution in [-0.2, 0) is 4.74 Å². The van der Waals surface area contributed by atoms with E-state index in [1.807, 2.05) is 0 Å². The molecule has 0 aliphatic heterocycles. The van der Waals surface area contributed by atoms with Crippen LogP contribution in [0.15, 0.2) is 0 Å². The molecule has 0 N–H and O–H groups in total. The molecule has 0 rings (SSSR count). The molecule has 0 saturated heterocycles. The number of terminal acetylenes is 1. The Morgan fingerprint density at radius 2 is 1.75 bits per heavy atom. The van der Waals surface area contributed by atoms with E-state index >= 15 is 0 Å². The maximum absolute atomic E-state index is 5.14. The third-order valence-corrected chi connectivity index (χ3v) is 2.17. The molecule has 0 unspecified atom stereocenters. The summed E-state index contributed by atoms with van der Waals surface area (Å²) in [6, 6.07) is 0. The summed E-state index contributed by atoms with van der Waals surface area (Å²) in [5.41, 5.74) is 0. The predicted molar refractivity (Wildman–Crippen MR) is 56.5 cm³/mol. The van der Waals surface area contributed by atoms with E-state index in [0.717, 1.165) is 18.4 Å². The number of hydrogen-bond acceptors (Lipinski definition) is 1. The summed E-state index contributed by atoms with van der Waals surface area (Å²) in [4.78, 5) is 0. The first-order chi connectivity index (χ1) is 5.91. The Morgan fingerprint density at radius 1 is 1.08 bits per heavy atom. The van der Waals surface area contributed by atoms with Crippen molar-refractivity contribution in [3.05, 3.63) is 0 Å². The fourth-order valence-electron chi connectivity index (χ4n) is 0.960. The molecule has 0 amide bonds. The summed E-state index contributed by atoms with van der Waals surface area (Å²) in [7, 11) is 0. The van der Waals surface area contributed by atoms with E-state index in [0.29, 0.717) is 6.61 Å². The van der Waals surface area contributed by atoms with Crippen molar-refractivity contribution in [2.24, 2.45) is 0 Å². The highest BCUT2D eigenvalue weighted by Crippen LogP contribution is 2.04. The van der Waals surface area contributed by atoms with Crippen molar-refractivity contribution in [2.45, 2.75) is 32.1 Å². The Balaban J connectivity index is 2.78. The lowest BCUT2D eigenvalue weighted by Crippen LogP contribution is -1.94. The molecule has 1 nitrogen and oxygen atoms in total. The first kappa shape index (κ1) is 12.0. The summed E-state index contributed by atoms with van der Waals surface area (Å²) in [5.74, 6) is 2.45. The van der Waals surface area contributed by atoms with Crippen LogP contribution in [0.4, 0.5) is 0 Å². The minimum Gasteiger partial charge on any atom is -0.369 e. The van der Waals surface area contributed by atoms with Crippen molar-refractivity contribution < 1.29 is 4.74 Å². The van der Waals surface area contributed by atoms with Gasteiger partial charge in [-0.05, 0) is 12.8 Å². The topological polar surface area (TPSA) is 9.23 Å². The highest BCUT2D eigenvalue weighted by Gasteiger charge is 1.89. The van der Waals surface area contributed by atoms with Gasteiger partial charge in [0.1, 0.15) is 6.61 Å². The van der Waals surface area contributed by atoms with Crippen LogP contribution in [0.3, 0.4) is 0 Å². The van der Waals surface area contributed by atoms with Crippen molar-refractivity contribution in [3.8, 4) is 12.3 Å². The maximum Gasteiger partial charge on any atom is 0.107 e. The molecule has 0 fully saturated rings. The number of ether oxygens (including phenoxy) is 1. The SMILES string of the molecule is C#CCOCCCCCCCBr. The summed E-state index contributed by atoms with van der Waals surface area (Å²) in [5, 5.41) is 1.13. The molecule has 12 heavy (non-hydrogen) atoms. The van der Waals surface area contributed by atoms with Gasteiger partial charge in [0.25, 0.3) is 0 Å². The van der Waals surface area contributed by atoms with E-state index < -0.39 is 0 Å². The first-order valence-electron chi connectivity index (χ1n) is 4.49. The highest BCUT2D eigenvalue weighted by molar-refractivity contribution is 9.09. The van der Waals surface area contributed by atoms with Gasteiger partial charge in [-0.3, -0.25) is 0 Å². The largest absolute Gasteiger partial charge is 0.369 e. The van der Waals surface area contributed by atoms with E-state index in [1.54, 1.807) is 0 Å². The molecular weight excluding hydrogens is 216 g/mol. The molecule has 0 bridgehead atoms. The molecule has 0 heterocycles. The van der Waals surface area contributed by atoms with Gasteiger partial charge in [-0.2, -0.15) is 0 Å². The average Bonchev–Trinajstić information content (AvgIpc) is 2.10. The van der Waals surface area contributed by atoms with E-state index in [4.69, 9.17) is 11.2 Å². The van der Waals surface area contributed by atoms with Crippen LogP contribution in [0.1, 0.15) is 32.1 Å². The zero-order chi connectivity index (χ0) is 9.07. The van der Waals surface area contributed by atoms with Crippen LogP contribution < -0.4 is 0 Å². The monoisotopic (exact) mass is 232 g/mol. The van der Waals surface area contributed by atoms with E-state index in [2.05, 4.69) is 21.9 Å². The fourth-order valence-corrected chi connectivity index (χ4v) is 1.36. The molecule has 0 spiro atoms. The van der Waals surface area contributed by atoms with Crippen molar-refractivity contribution >= 4 is 15.9 Å². The van der Waals surface area contributed by atoms with Gasteiger partial charge in [0, 0.05) is 11.9 Å². The lowest BCUT2D eigenvalue weighted by Gasteiger charge is -1.99. The van der Waals surface area contributed by atoms with Gasteiger partial charge in [0.15, 0.2) is 0 Å². The van der Waals surface area contributed by atoms with E-state index in [9.17, 15) is 0 Å². The molecule has 0 aromatic carbocycles. The summed E-state index contributed by atoms with van der Waals surface area (Å²) >= 11 is 3.41. The van der Waals surface area contributed by atoms with Gasteiger partial charge in [-0.15, -0.1) is 6.42 Å². The first-order valence-corrected chi connectivity index (χ1v) is 5.61. The predicted octanol–water partition coefficient (Wildman–Crippen LogP) is 2.98. The Bertz CT molecular complexity index is 117. The lowest BCUT2D eigenvalue weighted by molar-refractivity contribution is 0.162. The number of rotatable bonds is 8. The quantitative estimate of drug-likeness (QED) is 0.356. The van der Waals surface area contributed by atoms with Crippen molar-refractivity contribution in [1.82, 2.24) is 0 Å². The number of hydrogen-bond donors (Lipinski definition) is 0. The minimum atomic E-state index is 0.460. The molecule has 0 radical (unpaired) electrons. The van der Waals surface area contributed by atoms with Gasteiger partial charge in [-0.1, -0.05) is 41.1 Å². The Hall–Kier alpha value is 0. The normalized spacial score (nSPS) is 9.67. The summed E-state index contributed by atoms with van der Waals surface area (Å²) in [6.07, 6.45) is 11.3. The van der Waals surface area contributed by atoms with Crippen molar-refractivity contribution in [1.29, 1.82) is 0 Å². The second kappa shape index (κ2) is 11.0. The maximum atomic E-state index is 5.14. The van der Waals surface area contributed by atoms with Crippen LogP contribution in [0.5, 0.6) is 0 Å². The van der Waals surface area contributed by atoms with Crippen molar-refractivity contribution in [3.63, 3.8) is 0 Å². The number of halogens is 1. The average molecular weight is 233 g/mol. The van der Waals surface area contributed by atoms with Gasteiger partial charge in [0.2, 0.25) is 0 Å². The molecular formula is C10H17BrO. The van der Waals surface area contributed by atoms with Crippen LogP contribution >= 0.6 is 15.9 Å². The Morgan fingerprint density at radius 3 is 2.42 bits per heavy atom. The second-order valence-electron chi connectivity index (χ2n) is 2.71. The van der Waals surface area contributed by atoms with Crippen LogP contribution in [0, 0.1) is 12.3 Å².